The fourth-order valence-electron chi connectivity index (χ4n) is 3.19. The molecule has 4 rings (SSSR count). The molecule has 0 saturated heterocycles. The lowest BCUT2D eigenvalue weighted by Gasteiger charge is -2.07. The van der Waals surface area contributed by atoms with E-state index in [0.29, 0.717) is 27.9 Å². The summed E-state index contributed by atoms with van der Waals surface area (Å²) in [6.07, 6.45) is 0.543. The summed E-state index contributed by atoms with van der Waals surface area (Å²) in [7, 11) is 0. The summed E-state index contributed by atoms with van der Waals surface area (Å²) in [4.78, 5) is 25.7. The van der Waals surface area contributed by atoms with Crippen LogP contribution in [0, 0.1) is 6.92 Å². The van der Waals surface area contributed by atoms with Crippen LogP contribution in [0.4, 0.5) is 5.00 Å². The van der Waals surface area contributed by atoms with Crippen molar-refractivity contribution in [1.82, 2.24) is 0 Å². The summed E-state index contributed by atoms with van der Waals surface area (Å²) in [5, 5.41) is 3.76. The summed E-state index contributed by atoms with van der Waals surface area (Å²) in [5.41, 5.74) is 7.79. The molecule has 2 amide bonds. The number of nitrogens with two attached hydrogens (primary N) is 1. The summed E-state index contributed by atoms with van der Waals surface area (Å²) >= 11 is 13.4. The van der Waals surface area contributed by atoms with Crippen molar-refractivity contribution in [2.75, 3.05) is 12.1 Å². The van der Waals surface area contributed by atoms with Gasteiger partial charge in [0.05, 0.1) is 16.1 Å². The van der Waals surface area contributed by atoms with E-state index >= 15 is 0 Å². The molecule has 2 heterocycles. The molecule has 0 atom stereocenters. The van der Waals surface area contributed by atoms with Gasteiger partial charge in [0.15, 0.2) is 11.5 Å². The Hall–Kier alpha value is -2.74. The van der Waals surface area contributed by atoms with Crippen molar-refractivity contribution in [3.63, 3.8) is 0 Å². The molecule has 3 aromatic rings. The Kier molecular flexibility index (Phi) is 5.60. The van der Waals surface area contributed by atoms with E-state index in [0.717, 1.165) is 16.0 Å². The molecule has 0 unspecified atom stereocenters. The number of carbonyl (C=O) groups excluding carboxylic acids is 2. The van der Waals surface area contributed by atoms with E-state index in [1.54, 1.807) is 19.1 Å². The van der Waals surface area contributed by atoms with Crippen LogP contribution in [0.15, 0.2) is 36.4 Å². The lowest BCUT2D eigenvalue weighted by molar-refractivity contribution is 0.100. The average molecular weight is 463 g/mol. The van der Waals surface area contributed by atoms with Crippen molar-refractivity contribution >= 4 is 51.4 Å². The van der Waals surface area contributed by atoms with Gasteiger partial charge in [0.2, 0.25) is 6.79 Å². The highest BCUT2D eigenvalue weighted by Crippen LogP contribution is 2.37. The molecule has 0 saturated carbocycles. The maximum Gasteiger partial charge on any atom is 0.257 e. The first kappa shape index (κ1) is 20.5. The van der Waals surface area contributed by atoms with E-state index in [9.17, 15) is 9.59 Å². The zero-order chi connectivity index (χ0) is 21.4. The number of fused-ring (bicyclic) bond motifs is 1. The lowest BCUT2D eigenvalue weighted by atomic mass is 10.1. The molecule has 0 aliphatic carbocycles. The Morgan fingerprint density at radius 2 is 1.90 bits per heavy atom. The number of anilines is 1. The van der Waals surface area contributed by atoms with Gasteiger partial charge in [-0.3, -0.25) is 9.59 Å². The number of carbonyl (C=O) groups is 2. The van der Waals surface area contributed by atoms with E-state index in [-0.39, 0.29) is 22.9 Å². The number of hydrogen-bond acceptors (Lipinski definition) is 5. The molecule has 1 aliphatic rings. The fourth-order valence-corrected chi connectivity index (χ4v) is 4.81. The van der Waals surface area contributed by atoms with Gasteiger partial charge in [0, 0.05) is 16.3 Å². The number of ether oxygens (including phenoxy) is 2. The number of benzene rings is 2. The number of rotatable bonds is 5. The number of hydrogen-bond donors (Lipinski definition) is 2. The number of primary amides is 1. The minimum Gasteiger partial charge on any atom is -0.454 e. The second kappa shape index (κ2) is 8.18. The van der Waals surface area contributed by atoms with Crippen molar-refractivity contribution in [3.8, 4) is 11.5 Å². The van der Waals surface area contributed by atoms with Gasteiger partial charge in [0.25, 0.3) is 11.8 Å². The molecule has 0 radical (unpaired) electrons. The molecule has 1 aliphatic heterocycles. The SMILES string of the molecule is Cc1c(Cc2ccc3c(c2)OCO3)sc(NC(=O)c2cc(Cl)ccc2Cl)c1C(N)=O. The average Bonchev–Trinajstić information content (AvgIpc) is 3.27. The third kappa shape index (κ3) is 3.96. The monoisotopic (exact) mass is 462 g/mol. The Bertz CT molecular complexity index is 1180. The largest absolute Gasteiger partial charge is 0.454 e. The standard InChI is InChI=1S/C21H16Cl2N2O4S/c1-10-17(7-11-2-5-15-16(6-11)29-9-28-15)30-21(18(10)19(24)26)25-20(27)13-8-12(22)3-4-14(13)23/h2-6,8H,7,9H2,1H3,(H2,24,26)(H,25,27). The number of amides is 2. The molecule has 3 N–H and O–H groups in total. The minimum atomic E-state index is -0.617. The Morgan fingerprint density at radius 3 is 2.67 bits per heavy atom. The first-order chi connectivity index (χ1) is 14.3. The highest BCUT2D eigenvalue weighted by molar-refractivity contribution is 7.17. The van der Waals surface area contributed by atoms with E-state index in [1.165, 1.54) is 17.4 Å². The number of halogens is 2. The Morgan fingerprint density at radius 1 is 1.13 bits per heavy atom. The van der Waals surface area contributed by atoms with Crippen molar-refractivity contribution < 1.29 is 19.1 Å². The Balaban J connectivity index is 1.64. The van der Waals surface area contributed by atoms with Gasteiger partial charge < -0.3 is 20.5 Å². The van der Waals surface area contributed by atoms with Crippen LogP contribution in [0.2, 0.25) is 10.0 Å². The quantitative estimate of drug-likeness (QED) is 0.555. The third-order valence-corrected chi connectivity index (χ3v) is 6.47. The van der Waals surface area contributed by atoms with Gasteiger partial charge in [0.1, 0.15) is 5.00 Å². The highest BCUT2D eigenvalue weighted by atomic mass is 35.5. The van der Waals surface area contributed by atoms with Crippen molar-refractivity contribution in [2.24, 2.45) is 5.73 Å². The summed E-state index contributed by atoms with van der Waals surface area (Å²) in [6.45, 7) is 2.01. The summed E-state index contributed by atoms with van der Waals surface area (Å²) < 4.78 is 10.8. The summed E-state index contributed by atoms with van der Waals surface area (Å²) in [5.74, 6) is 0.292. The van der Waals surface area contributed by atoms with Gasteiger partial charge in [-0.15, -0.1) is 11.3 Å². The van der Waals surface area contributed by atoms with Gasteiger partial charge in [-0.25, -0.2) is 0 Å². The van der Waals surface area contributed by atoms with Crippen LogP contribution in [-0.2, 0) is 6.42 Å². The van der Waals surface area contributed by atoms with Crippen LogP contribution < -0.4 is 20.5 Å². The van der Waals surface area contributed by atoms with E-state index in [1.807, 2.05) is 18.2 Å². The zero-order valence-corrected chi connectivity index (χ0v) is 18.1. The Labute approximate surface area is 186 Å². The molecule has 0 bridgehead atoms. The molecule has 0 fully saturated rings. The van der Waals surface area contributed by atoms with E-state index < -0.39 is 11.8 Å². The van der Waals surface area contributed by atoms with Crippen molar-refractivity contribution in [3.05, 3.63) is 73.6 Å². The second-order valence-electron chi connectivity index (χ2n) is 6.66. The van der Waals surface area contributed by atoms with Crippen molar-refractivity contribution in [2.45, 2.75) is 13.3 Å². The molecular formula is C21H16Cl2N2O4S. The maximum absolute atomic E-state index is 12.7. The third-order valence-electron chi connectivity index (χ3n) is 4.69. The van der Waals surface area contributed by atoms with Gasteiger partial charge >= 0.3 is 0 Å². The predicted octanol–water partition coefficient (Wildman–Crippen LogP) is 5.03. The smallest absolute Gasteiger partial charge is 0.257 e. The van der Waals surface area contributed by atoms with Crippen LogP contribution in [-0.4, -0.2) is 18.6 Å². The highest BCUT2D eigenvalue weighted by Gasteiger charge is 2.23. The zero-order valence-electron chi connectivity index (χ0n) is 15.8. The summed E-state index contributed by atoms with van der Waals surface area (Å²) in [6, 6.07) is 10.3. The first-order valence-electron chi connectivity index (χ1n) is 8.90. The van der Waals surface area contributed by atoms with Crippen LogP contribution >= 0.6 is 34.5 Å². The molecule has 0 spiro atoms. The van der Waals surface area contributed by atoms with E-state index in [2.05, 4.69) is 5.32 Å². The molecule has 9 heteroatoms. The lowest BCUT2D eigenvalue weighted by Crippen LogP contribution is -2.17. The second-order valence-corrected chi connectivity index (χ2v) is 8.61. The molecule has 2 aromatic carbocycles. The molecule has 30 heavy (non-hydrogen) atoms. The molecule has 6 nitrogen and oxygen atoms in total. The maximum atomic E-state index is 12.7. The van der Waals surface area contributed by atoms with Gasteiger partial charge in [-0.2, -0.15) is 0 Å². The molecule has 1 aromatic heterocycles. The molecular weight excluding hydrogens is 447 g/mol. The fraction of sp³-hybridized carbons (Fsp3) is 0.143. The van der Waals surface area contributed by atoms with Gasteiger partial charge in [-0.05, 0) is 48.4 Å². The minimum absolute atomic E-state index is 0.199. The molecule has 154 valence electrons. The van der Waals surface area contributed by atoms with Crippen LogP contribution in [0.5, 0.6) is 11.5 Å². The van der Waals surface area contributed by atoms with E-state index in [4.69, 9.17) is 38.4 Å². The van der Waals surface area contributed by atoms with Crippen molar-refractivity contribution in [1.29, 1.82) is 0 Å². The van der Waals surface area contributed by atoms with Crippen LogP contribution in [0.1, 0.15) is 36.7 Å². The topological polar surface area (TPSA) is 90.7 Å². The first-order valence-corrected chi connectivity index (χ1v) is 10.5. The van der Waals surface area contributed by atoms with Crippen LogP contribution in [0.3, 0.4) is 0 Å². The number of nitrogens with one attached hydrogen (secondary N) is 1. The normalized spacial score (nSPS) is 12.1. The predicted molar refractivity (Wildman–Crippen MR) is 117 cm³/mol. The van der Waals surface area contributed by atoms with Crippen LogP contribution in [0.25, 0.3) is 0 Å². The number of thiophene rings is 1. The van der Waals surface area contributed by atoms with Gasteiger partial charge in [-0.1, -0.05) is 29.3 Å².